The summed E-state index contributed by atoms with van der Waals surface area (Å²) in [5, 5.41) is 23.7. The molecular formula is C21H19F3N4O2. The van der Waals surface area contributed by atoms with Gasteiger partial charge in [0.15, 0.2) is 5.69 Å². The number of phenolic OH excluding ortho intramolecular Hbond substituents is 1. The fraction of sp³-hybridized carbons (Fsp3) is 0.286. The lowest BCUT2D eigenvalue weighted by molar-refractivity contribution is -0.141. The highest BCUT2D eigenvalue weighted by Gasteiger charge is 2.35. The largest absolute Gasteiger partial charge is 0.506 e. The lowest BCUT2D eigenvalue weighted by Crippen LogP contribution is -2.06. The summed E-state index contributed by atoms with van der Waals surface area (Å²) < 4.78 is 46.0. The Kier molecular flexibility index (Phi) is 5.96. The summed E-state index contributed by atoms with van der Waals surface area (Å²) in [6.45, 7) is 2.41. The summed E-state index contributed by atoms with van der Waals surface area (Å²) in [7, 11) is 1.37. The van der Waals surface area contributed by atoms with Crippen molar-refractivity contribution in [1.82, 2.24) is 14.8 Å². The molecule has 6 nitrogen and oxygen atoms in total. The van der Waals surface area contributed by atoms with Gasteiger partial charge in [-0.05, 0) is 30.7 Å². The number of hydrogen-bond donors (Lipinski definition) is 1. The molecule has 0 saturated carbocycles. The fourth-order valence-corrected chi connectivity index (χ4v) is 3.00. The molecule has 0 aliphatic rings. The predicted molar refractivity (Wildman–Crippen MR) is 104 cm³/mol. The summed E-state index contributed by atoms with van der Waals surface area (Å²) in [5.74, 6) is 0.0671. The molecule has 0 saturated heterocycles. The van der Waals surface area contributed by atoms with E-state index < -0.39 is 11.9 Å². The number of benzene rings is 1. The first-order chi connectivity index (χ1) is 14.3. The first kappa shape index (κ1) is 21.2. The zero-order valence-electron chi connectivity index (χ0n) is 16.4. The van der Waals surface area contributed by atoms with E-state index in [4.69, 9.17) is 10.00 Å². The number of nitrogens with zero attached hydrogens (tertiary/aromatic N) is 4. The van der Waals surface area contributed by atoms with Crippen LogP contribution in [0, 0.1) is 11.3 Å². The van der Waals surface area contributed by atoms with Gasteiger partial charge in [0.05, 0.1) is 23.4 Å². The molecule has 0 amide bonds. The van der Waals surface area contributed by atoms with E-state index in [1.54, 1.807) is 6.07 Å². The van der Waals surface area contributed by atoms with Gasteiger partial charge in [-0.2, -0.15) is 23.5 Å². The number of hydrogen-bond acceptors (Lipinski definition) is 5. The quantitative estimate of drug-likeness (QED) is 0.577. The van der Waals surface area contributed by atoms with E-state index >= 15 is 0 Å². The highest BCUT2D eigenvalue weighted by atomic mass is 19.4. The molecule has 0 aliphatic heterocycles. The number of pyridine rings is 1. The van der Waals surface area contributed by atoms with Gasteiger partial charge in [0, 0.05) is 30.6 Å². The predicted octanol–water partition coefficient (Wildman–Crippen LogP) is 4.92. The van der Waals surface area contributed by atoms with Crippen molar-refractivity contribution in [2.24, 2.45) is 7.05 Å². The Morgan fingerprint density at radius 3 is 2.63 bits per heavy atom. The molecule has 0 fully saturated rings. The average Bonchev–Trinajstić information content (AvgIpc) is 3.10. The van der Waals surface area contributed by atoms with Gasteiger partial charge in [-0.25, -0.2) is 0 Å². The Hall–Kier alpha value is -3.54. The molecule has 156 valence electrons. The molecule has 0 atom stereocenters. The number of halogens is 3. The minimum absolute atomic E-state index is 0.0885. The lowest BCUT2D eigenvalue weighted by atomic mass is 9.98. The topological polar surface area (TPSA) is 84.0 Å². The molecule has 30 heavy (non-hydrogen) atoms. The van der Waals surface area contributed by atoms with Crippen LogP contribution in [-0.4, -0.2) is 26.5 Å². The number of ether oxygens (including phenoxy) is 1. The van der Waals surface area contributed by atoms with Crippen molar-refractivity contribution >= 4 is 0 Å². The van der Waals surface area contributed by atoms with Crippen molar-refractivity contribution in [3.8, 4) is 40.0 Å². The highest BCUT2D eigenvalue weighted by Crippen LogP contribution is 2.45. The van der Waals surface area contributed by atoms with Crippen LogP contribution < -0.4 is 4.74 Å². The maximum absolute atomic E-state index is 13.1. The van der Waals surface area contributed by atoms with E-state index in [2.05, 4.69) is 10.1 Å². The van der Waals surface area contributed by atoms with E-state index in [1.807, 2.05) is 13.0 Å². The Balaban J connectivity index is 2.18. The molecule has 3 aromatic rings. The number of unbranched alkanes of at least 4 members (excludes halogenated alkanes) is 1. The highest BCUT2D eigenvalue weighted by molar-refractivity contribution is 5.85. The van der Waals surface area contributed by atoms with Gasteiger partial charge >= 0.3 is 6.18 Å². The molecule has 0 aliphatic carbocycles. The minimum Gasteiger partial charge on any atom is -0.506 e. The number of aryl methyl sites for hydroxylation is 1. The molecular weight excluding hydrogens is 397 g/mol. The van der Waals surface area contributed by atoms with Gasteiger partial charge in [0.2, 0.25) is 0 Å². The van der Waals surface area contributed by atoms with Gasteiger partial charge in [0.1, 0.15) is 17.6 Å². The Morgan fingerprint density at radius 1 is 1.23 bits per heavy atom. The van der Waals surface area contributed by atoms with Gasteiger partial charge in [0.25, 0.3) is 0 Å². The van der Waals surface area contributed by atoms with Crippen LogP contribution in [0.1, 0.15) is 31.0 Å². The third-order valence-electron chi connectivity index (χ3n) is 4.50. The molecule has 0 bridgehead atoms. The van der Waals surface area contributed by atoms with Gasteiger partial charge in [-0.15, -0.1) is 0 Å². The van der Waals surface area contributed by atoms with Crippen LogP contribution in [0.4, 0.5) is 13.2 Å². The minimum atomic E-state index is -4.61. The number of alkyl halides is 3. The number of nitriles is 1. The van der Waals surface area contributed by atoms with Crippen LogP contribution in [0.2, 0.25) is 0 Å². The maximum Gasteiger partial charge on any atom is 0.435 e. The summed E-state index contributed by atoms with van der Waals surface area (Å²) in [6, 6.07) is 7.45. The van der Waals surface area contributed by atoms with E-state index in [0.29, 0.717) is 17.9 Å². The molecule has 0 spiro atoms. The Morgan fingerprint density at radius 2 is 2.00 bits per heavy atom. The second-order valence-corrected chi connectivity index (χ2v) is 6.65. The van der Waals surface area contributed by atoms with Crippen LogP contribution in [0.3, 0.4) is 0 Å². The number of aromatic hydroxyl groups is 1. The first-order valence-corrected chi connectivity index (χ1v) is 9.22. The van der Waals surface area contributed by atoms with Gasteiger partial charge < -0.3 is 9.84 Å². The van der Waals surface area contributed by atoms with Crippen molar-refractivity contribution in [2.45, 2.75) is 25.9 Å². The monoisotopic (exact) mass is 416 g/mol. The van der Waals surface area contributed by atoms with E-state index in [9.17, 15) is 18.3 Å². The summed E-state index contributed by atoms with van der Waals surface area (Å²) in [5.41, 5.74) is 0.126. The fourth-order valence-electron chi connectivity index (χ4n) is 3.00. The van der Waals surface area contributed by atoms with Crippen LogP contribution >= 0.6 is 0 Å². The van der Waals surface area contributed by atoms with E-state index in [0.717, 1.165) is 23.6 Å². The van der Waals surface area contributed by atoms with E-state index in [1.165, 1.54) is 31.6 Å². The zero-order chi connectivity index (χ0) is 21.9. The van der Waals surface area contributed by atoms with E-state index in [-0.39, 0.29) is 28.1 Å². The third-order valence-corrected chi connectivity index (χ3v) is 4.50. The summed E-state index contributed by atoms with van der Waals surface area (Å²) >= 11 is 0. The summed E-state index contributed by atoms with van der Waals surface area (Å²) in [4.78, 5) is 4.01. The van der Waals surface area contributed by atoms with Crippen LogP contribution in [0.25, 0.3) is 22.4 Å². The molecule has 1 aromatic carbocycles. The number of rotatable bonds is 6. The van der Waals surface area contributed by atoms with Crippen molar-refractivity contribution in [2.75, 3.05) is 6.61 Å². The first-order valence-electron chi connectivity index (χ1n) is 9.22. The lowest BCUT2D eigenvalue weighted by Gasteiger charge is -2.16. The van der Waals surface area contributed by atoms with Crippen molar-refractivity contribution < 1.29 is 23.0 Å². The van der Waals surface area contributed by atoms with Crippen molar-refractivity contribution in [3.63, 3.8) is 0 Å². The molecule has 2 heterocycles. The molecule has 9 heteroatoms. The maximum atomic E-state index is 13.1. The average molecular weight is 416 g/mol. The van der Waals surface area contributed by atoms with Crippen LogP contribution in [-0.2, 0) is 13.2 Å². The standard InChI is InChI=1S/C21H19F3N4O2/c1-3-4-7-30-17-6-5-15(16-9-18(21(22,23)24)27-28(16)2)20(29)19(17)14-8-13(10-25)11-26-12-14/h5-6,8-9,11-12,29H,3-4,7H2,1-2H3. The van der Waals surface area contributed by atoms with Crippen molar-refractivity contribution in [3.05, 3.63) is 47.9 Å². The molecule has 1 N–H and O–H groups in total. The zero-order valence-corrected chi connectivity index (χ0v) is 16.4. The molecule has 0 unspecified atom stereocenters. The smallest absolute Gasteiger partial charge is 0.435 e. The normalized spacial score (nSPS) is 11.3. The molecule has 2 aromatic heterocycles. The second-order valence-electron chi connectivity index (χ2n) is 6.65. The molecule has 3 rings (SSSR count). The SMILES string of the molecule is CCCCOc1ccc(-c2cc(C(F)(F)F)nn2C)c(O)c1-c1cncc(C#N)c1. The van der Waals surface area contributed by atoms with Crippen LogP contribution in [0.15, 0.2) is 36.7 Å². The van der Waals surface area contributed by atoms with Gasteiger partial charge in [-0.3, -0.25) is 9.67 Å². The Bertz CT molecular complexity index is 1100. The van der Waals surface area contributed by atoms with Crippen LogP contribution in [0.5, 0.6) is 11.5 Å². The number of phenols is 1. The second kappa shape index (κ2) is 8.45. The van der Waals surface area contributed by atoms with Gasteiger partial charge in [-0.1, -0.05) is 13.3 Å². The van der Waals surface area contributed by atoms with Crippen molar-refractivity contribution in [1.29, 1.82) is 5.26 Å². The number of aromatic nitrogens is 3. The molecule has 0 radical (unpaired) electrons. The Labute approximate surface area is 171 Å². The third kappa shape index (κ3) is 4.22. The summed E-state index contributed by atoms with van der Waals surface area (Å²) in [6.07, 6.45) is -0.0899.